The van der Waals surface area contributed by atoms with Gasteiger partial charge in [0.05, 0.1) is 33.3 Å². The third-order valence-electron chi connectivity index (χ3n) is 3.64. The molecule has 0 aliphatic heterocycles. The number of rotatable bonds is 12. The molecule has 0 aromatic carbocycles. The van der Waals surface area contributed by atoms with Crippen molar-refractivity contribution in [2.24, 2.45) is 0 Å². The van der Waals surface area contributed by atoms with Gasteiger partial charge in [-0.2, -0.15) is 0 Å². The van der Waals surface area contributed by atoms with Gasteiger partial charge < -0.3 is 27.0 Å². The monoisotopic (exact) mass is 415 g/mol. The van der Waals surface area contributed by atoms with Crippen LogP contribution in [0.1, 0.15) is 33.1 Å². The van der Waals surface area contributed by atoms with Crippen molar-refractivity contribution in [3.8, 4) is 0 Å². The fraction of sp³-hybridized carbons (Fsp3) is 0.524. The van der Waals surface area contributed by atoms with E-state index >= 15 is 0 Å². The van der Waals surface area contributed by atoms with Crippen LogP contribution < -0.4 is 12.4 Å². The summed E-state index contributed by atoms with van der Waals surface area (Å²) < 4.78 is 10.9. The van der Waals surface area contributed by atoms with Gasteiger partial charge in [0.2, 0.25) is 0 Å². The molecule has 2 atom stereocenters. The number of quaternary nitrogens is 1. The SMILES string of the molecule is C=CC=CC(=CCC(=C)C(=O)OC(C(C)O)[N+](C)(C)C)C(=O)OCCCC.[Cl-]. The van der Waals surface area contributed by atoms with E-state index in [4.69, 9.17) is 9.47 Å². The third-order valence-corrected chi connectivity index (χ3v) is 3.64. The number of allylic oxidation sites excluding steroid dienone is 3. The van der Waals surface area contributed by atoms with Gasteiger partial charge in [0, 0.05) is 5.57 Å². The number of aliphatic hydroxyl groups is 1. The van der Waals surface area contributed by atoms with E-state index < -0.39 is 24.3 Å². The molecular formula is C21H34ClNO5. The van der Waals surface area contributed by atoms with Crippen molar-refractivity contribution in [3.05, 3.63) is 48.6 Å². The second kappa shape index (κ2) is 14.2. The molecule has 0 aliphatic carbocycles. The minimum absolute atomic E-state index is 0. The molecular weight excluding hydrogens is 382 g/mol. The lowest BCUT2D eigenvalue weighted by Gasteiger charge is -2.34. The maximum Gasteiger partial charge on any atom is 0.338 e. The van der Waals surface area contributed by atoms with Crippen LogP contribution in [-0.4, -0.2) is 61.6 Å². The van der Waals surface area contributed by atoms with Crippen molar-refractivity contribution in [3.63, 3.8) is 0 Å². The Kier molecular flexibility index (Phi) is 14.3. The fourth-order valence-electron chi connectivity index (χ4n) is 2.20. The van der Waals surface area contributed by atoms with Crippen molar-refractivity contribution in [2.45, 2.75) is 45.4 Å². The topological polar surface area (TPSA) is 72.8 Å². The van der Waals surface area contributed by atoms with Gasteiger partial charge in [0.1, 0.15) is 6.10 Å². The highest BCUT2D eigenvalue weighted by Gasteiger charge is 2.33. The van der Waals surface area contributed by atoms with Crippen molar-refractivity contribution in [1.29, 1.82) is 0 Å². The lowest BCUT2D eigenvalue weighted by Crippen LogP contribution is -3.00. The van der Waals surface area contributed by atoms with E-state index in [9.17, 15) is 14.7 Å². The lowest BCUT2D eigenvalue weighted by molar-refractivity contribution is -0.920. The second-order valence-electron chi connectivity index (χ2n) is 7.20. The number of carbonyl (C=O) groups is 2. The Balaban J connectivity index is 0. The Morgan fingerprint density at radius 2 is 1.82 bits per heavy atom. The van der Waals surface area contributed by atoms with E-state index in [1.165, 1.54) is 0 Å². The normalized spacial score (nSPS) is 14.0. The number of halogens is 1. The highest BCUT2D eigenvalue weighted by Crippen LogP contribution is 2.15. The van der Waals surface area contributed by atoms with E-state index in [-0.39, 0.29) is 28.9 Å². The smallest absolute Gasteiger partial charge is 0.338 e. The summed E-state index contributed by atoms with van der Waals surface area (Å²) >= 11 is 0. The zero-order valence-electron chi connectivity index (χ0n) is 17.6. The number of unbranched alkanes of at least 4 members (excludes halogenated alkanes) is 1. The summed E-state index contributed by atoms with van der Waals surface area (Å²) in [6.07, 6.45) is 6.59. The van der Waals surface area contributed by atoms with Gasteiger partial charge in [-0.25, -0.2) is 9.59 Å². The van der Waals surface area contributed by atoms with E-state index in [0.29, 0.717) is 12.2 Å². The van der Waals surface area contributed by atoms with Gasteiger partial charge in [0.25, 0.3) is 6.23 Å². The summed E-state index contributed by atoms with van der Waals surface area (Å²) in [5, 5.41) is 9.86. The predicted molar refractivity (Wildman–Crippen MR) is 107 cm³/mol. The predicted octanol–water partition coefficient (Wildman–Crippen LogP) is -0.0951. The number of hydrogen-bond acceptors (Lipinski definition) is 5. The van der Waals surface area contributed by atoms with Crippen LogP contribution in [0.25, 0.3) is 0 Å². The standard InChI is InChI=1S/C21H34NO5.ClH/c1-8-10-12-18(21(25)26-15-11-9-2)14-13-16(3)20(24)27-19(17(4)23)22(5,6)7;/h8,10,12,14,17,19,23H,1,3,9,11,13,15H2,2,4-7H3;1H/q+1;/p-1. The first-order valence-electron chi connectivity index (χ1n) is 9.08. The molecule has 0 spiro atoms. The molecule has 1 N–H and O–H groups in total. The summed E-state index contributed by atoms with van der Waals surface area (Å²) in [4.78, 5) is 24.4. The number of likely N-dealkylation sites (N-methyl/N-ethyl adjacent to an activating group) is 1. The summed E-state index contributed by atoms with van der Waals surface area (Å²) in [5.41, 5.74) is 0.499. The Bertz CT molecular complexity index is 588. The molecule has 0 saturated carbocycles. The lowest BCUT2D eigenvalue weighted by atomic mass is 10.1. The highest BCUT2D eigenvalue weighted by atomic mass is 35.5. The van der Waals surface area contributed by atoms with Gasteiger partial charge in [-0.15, -0.1) is 0 Å². The van der Waals surface area contributed by atoms with Crippen molar-refractivity contribution in [1.82, 2.24) is 0 Å². The molecule has 0 radical (unpaired) electrons. The largest absolute Gasteiger partial charge is 1.00 e. The van der Waals surface area contributed by atoms with Gasteiger partial charge in [0.15, 0.2) is 0 Å². The Morgan fingerprint density at radius 3 is 2.29 bits per heavy atom. The van der Waals surface area contributed by atoms with Gasteiger partial charge in [-0.3, -0.25) is 4.48 Å². The molecule has 0 aromatic rings. The first kappa shape index (κ1) is 28.3. The summed E-state index contributed by atoms with van der Waals surface area (Å²) in [7, 11) is 5.45. The number of aliphatic hydroxyl groups excluding tert-OH is 1. The molecule has 6 nitrogen and oxygen atoms in total. The van der Waals surface area contributed by atoms with Crippen LogP contribution in [0.2, 0.25) is 0 Å². The van der Waals surface area contributed by atoms with Gasteiger partial charge >= 0.3 is 11.9 Å². The Hall–Kier alpha value is -1.89. The molecule has 0 bridgehead atoms. The molecule has 2 unspecified atom stereocenters. The van der Waals surface area contributed by atoms with Gasteiger partial charge in [-0.1, -0.05) is 44.7 Å². The fourth-order valence-corrected chi connectivity index (χ4v) is 2.20. The molecule has 0 aromatic heterocycles. The first-order chi connectivity index (χ1) is 12.5. The molecule has 0 aliphatic rings. The van der Waals surface area contributed by atoms with Crippen LogP contribution >= 0.6 is 0 Å². The van der Waals surface area contributed by atoms with Crippen LogP contribution in [-0.2, 0) is 19.1 Å². The number of nitrogens with zero attached hydrogens (tertiary/aromatic N) is 1. The Labute approximate surface area is 175 Å². The molecule has 28 heavy (non-hydrogen) atoms. The third kappa shape index (κ3) is 11.1. The maximum absolute atomic E-state index is 12.3. The maximum atomic E-state index is 12.3. The van der Waals surface area contributed by atoms with Crippen LogP contribution in [0.3, 0.4) is 0 Å². The number of hydrogen-bond donors (Lipinski definition) is 1. The molecule has 0 fully saturated rings. The van der Waals surface area contributed by atoms with Crippen LogP contribution in [0.15, 0.2) is 48.6 Å². The molecule has 0 amide bonds. The van der Waals surface area contributed by atoms with Crippen LogP contribution in [0, 0.1) is 0 Å². The molecule has 160 valence electrons. The molecule has 0 rings (SSSR count). The van der Waals surface area contributed by atoms with Crippen molar-refractivity contribution in [2.75, 3.05) is 27.7 Å². The minimum atomic E-state index is -0.836. The minimum Gasteiger partial charge on any atom is -1.00 e. The quantitative estimate of drug-likeness (QED) is 0.120. The Morgan fingerprint density at radius 1 is 1.21 bits per heavy atom. The highest BCUT2D eigenvalue weighted by molar-refractivity contribution is 5.92. The zero-order chi connectivity index (χ0) is 21.0. The summed E-state index contributed by atoms with van der Waals surface area (Å²) in [6.45, 7) is 11.2. The van der Waals surface area contributed by atoms with Gasteiger partial charge in [-0.05, 0) is 25.8 Å². The first-order valence-corrected chi connectivity index (χ1v) is 9.08. The van der Waals surface area contributed by atoms with Crippen molar-refractivity contribution >= 4 is 11.9 Å². The molecule has 0 heterocycles. The summed E-state index contributed by atoms with van der Waals surface area (Å²) in [5.74, 6) is -1.08. The van der Waals surface area contributed by atoms with Crippen LogP contribution in [0.5, 0.6) is 0 Å². The number of esters is 2. The molecule has 7 heteroatoms. The second-order valence-corrected chi connectivity index (χ2v) is 7.20. The van der Waals surface area contributed by atoms with E-state index in [1.54, 1.807) is 31.2 Å². The van der Waals surface area contributed by atoms with E-state index in [1.807, 2.05) is 28.1 Å². The zero-order valence-corrected chi connectivity index (χ0v) is 18.4. The van der Waals surface area contributed by atoms with Crippen LogP contribution in [0.4, 0.5) is 0 Å². The molecule has 0 saturated heterocycles. The number of ether oxygens (including phenoxy) is 2. The average Bonchev–Trinajstić information content (AvgIpc) is 2.57. The average molecular weight is 416 g/mol. The number of carbonyl (C=O) groups excluding carboxylic acids is 2. The van der Waals surface area contributed by atoms with E-state index in [0.717, 1.165) is 12.8 Å². The summed E-state index contributed by atoms with van der Waals surface area (Å²) in [6, 6.07) is 0. The van der Waals surface area contributed by atoms with E-state index in [2.05, 4.69) is 13.2 Å². The van der Waals surface area contributed by atoms with Crippen molar-refractivity contribution < 1.29 is 41.1 Å².